The highest BCUT2D eigenvalue weighted by Crippen LogP contribution is 2.36. The number of halogens is 1. The van der Waals surface area contributed by atoms with Gasteiger partial charge in [0.1, 0.15) is 29.2 Å². The molecule has 9 heteroatoms. The van der Waals surface area contributed by atoms with Gasteiger partial charge in [-0.05, 0) is 61.4 Å². The predicted molar refractivity (Wildman–Crippen MR) is 128 cm³/mol. The van der Waals surface area contributed by atoms with Crippen LogP contribution >= 0.6 is 11.8 Å². The Morgan fingerprint density at radius 3 is 2.47 bits per heavy atom. The van der Waals surface area contributed by atoms with Gasteiger partial charge in [0.15, 0.2) is 5.16 Å². The highest BCUT2D eigenvalue weighted by atomic mass is 32.2. The summed E-state index contributed by atoms with van der Waals surface area (Å²) in [4.78, 5) is 11.1. The summed E-state index contributed by atoms with van der Waals surface area (Å²) in [6.45, 7) is 3.82. The van der Waals surface area contributed by atoms with Gasteiger partial charge >= 0.3 is 0 Å². The van der Waals surface area contributed by atoms with Gasteiger partial charge in [0, 0.05) is 10.6 Å². The molecule has 0 amide bonds. The molecule has 7 nitrogen and oxygen atoms in total. The Bertz CT molecular complexity index is 1280. The number of thioether (sulfide) groups is 1. The molecule has 0 aliphatic heterocycles. The van der Waals surface area contributed by atoms with Crippen molar-refractivity contribution in [2.45, 2.75) is 30.9 Å². The minimum Gasteiger partial charge on any atom is -0.489 e. The van der Waals surface area contributed by atoms with Gasteiger partial charge in [0.2, 0.25) is 6.54 Å². The molecule has 0 bridgehead atoms. The molecule has 0 fully saturated rings. The lowest BCUT2D eigenvalue weighted by Crippen LogP contribution is -2.11. The Hall–Kier alpha value is -3.72. The summed E-state index contributed by atoms with van der Waals surface area (Å²) in [5.74, 6) is 0.980. The first kappa shape index (κ1) is 23.4. The summed E-state index contributed by atoms with van der Waals surface area (Å²) in [5, 5.41) is 20.0. The summed E-state index contributed by atoms with van der Waals surface area (Å²) in [6.07, 6.45) is 0. The van der Waals surface area contributed by atoms with Crippen LogP contribution in [0.2, 0.25) is 0 Å². The van der Waals surface area contributed by atoms with Crippen molar-refractivity contribution in [1.29, 1.82) is 0 Å². The first-order chi connectivity index (χ1) is 16.4. The second kappa shape index (κ2) is 10.5. The Kier molecular flexibility index (Phi) is 7.22. The van der Waals surface area contributed by atoms with E-state index in [1.54, 1.807) is 24.3 Å². The smallest absolute Gasteiger partial charge is 0.220 e. The second-order valence-electron chi connectivity index (χ2n) is 7.81. The number of benzene rings is 3. The van der Waals surface area contributed by atoms with E-state index >= 15 is 0 Å². The predicted octanol–water partition coefficient (Wildman–Crippen LogP) is 5.71. The van der Waals surface area contributed by atoms with Crippen LogP contribution in [0.25, 0.3) is 5.69 Å². The summed E-state index contributed by atoms with van der Waals surface area (Å²) < 4.78 is 21.0. The van der Waals surface area contributed by atoms with Gasteiger partial charge in [0.05, 0.1) is 0 Å². The molecule has 1 aromatic heterocycles. The van der Waals surface area contributed by atoms with Gasteiger partial charge in [-0.15, -0.1) is 10.2 Å². The molecule has 3 aromatic carbocycles. The third-order valence-electron chi connectivity index (χ3n) is 5.20. The Morgan fingerprint density at radius 2 is 1.79 bits per heavy atom. The van der Waals surface area contributed by atoms with E-state index in [4.69, 9.17) is 4.74 Å². The van der Waals surface area contributed by atoms with Gasteiger partial charge in [-0.25, -0.2) is 4.39 Å². The van der Waals surface area contributed by atoms with Crippen LogP contribution in [0.5, 0.6) is 5.75 Å². The van der Waals surface area contributed by atoms with Crippen molar-refractivity contribution in [3.8, 4) is 11.4 Å². The molecule has 34 heavy (non-hydrogen) atoms. The summed E-state index contributed by atoms with van der Waals surface area (Å²) in [5.41, 5.74) is 3.53. The number of ether oxygens (including phenoxy) is 1. The molecule has 0 N–H and O–H groups in total. The van der Waals surface area contributed by atoms with Crippen molar-refractivity contribution < 1.29 is 14.1 Å². The Labute approximate surface area is 200 Å². The van der Waals surface area contributed by atoms with Crippen LogP contribution in [0.3, 0.4) is 0 Å². The number of aryl methyl sites for hydroxylation is 2. The van der Waals surface area contributed by atoms with Crippen LogP contribution in [0.15, 0.2) is 78.0 Å². The third kappa shape index (κ3) is 5.79. The number of rotatable bonds is 9. The van der Waals surface area contributed by atoms with Gasteiger partial charge in [0.25, 0.3) is 0 Å². The fourth-order valence-electron chi connectivity index (χ4n) is 3.46. The summed E-state index contributed by atoms with van der Waals surface area (Å²) >= 11 is 1.30. The molecule has 0 aliphatic carbocycles. The number of nitro groups is 1. The van der Waals surface area contributed by atoms with Crippen LogP contribution in [0.1, 0.15) is 27.8 Å². The van der Waals surface area contributed by atoms with Gasteiger partial charge in [-0.2, -0.15) is 0 Å². The van der Waals surface area contributed by atoms with E-state index in [1.165, 1.54) is 23.9 Å². The van der Waals surface area contributed by atoms with Crippen LogP contribution in [-0.4, -0.2) is 26.2 Å². The molecular weight excluding hydrogens is 455 g/mol. The fourth-order valence-corrected chi connectivity index (χ4v) is 4.63. The minimum absolute atomic E-state index is 0.225. The third-order valence-corrected chi connectivity index (χ3v) is 6.38. The second-order valence-corrected chi connectivity index (χ2v) is 8.98. The first-order valence-electron chi connectivity index (χ1n) is 10.6. The molecule has 0 aliphatic rings. The van der Waals surface area contributed by atoms with Crippen molar-refractivity contribution in [2.24, 2.45) is 0 Å². The average molecular weight is 479 g/mol. The van der Waals surface area contributed by atoms with Gasteiger partial charge in [-0.3, -0.25) is 14.7 Å². The molecular formula is C25H23FN4O3S. The maximum absolute atomic E-state index is 13.3. The molecule has 4 rings (SSSR count). The molecule has 0 saturated carbocycles. The largest absolute Gasteiger partial charge is 0.489 e. The van der Waals surface area contributed by atoms with Crippen LogP contribution < -0.4 is 4.74 Å². The van der Waals surface area contributed by atoms with Crippen LogP contribution in [0.4, 0.5) is 4.39 Å². The molecule has 0 saturated heterocycles. The van der Waals surface area contributed by atoms with E-state index in [-0.39, 0.29) is 23.9 Å². The average Bonchev–Trinajstić information content (AvgIpc) is 3.18. The quantitative estimate of drug-likeness (QED) is 0.174. The SMILES string of the molecule is Cc1ccc(-n2c(C)nnc2S[C@H](C[N+](=O)[O-])c2ccc(OCc3cccc(F)c3)cc2)cc1. The van der Waals surface area contributed by atoms with Gasteiger partial charge in [-0.1, -0.05) is 53.7 Å². The normalized spacial score (nSPS) is 11.9. The standard InChI is InChI=1S/C25H23FN4O3S/c1-17-6-10-22(11-7-17)30-18(2)27-28-25(30)34-24(15-29(31)32)20-8-12-23(13-9-20)33-16-19-4-3-5-21(26)14-19/h3-14,24H,15-16H2,1-2H3/t24-/m1/s1. The van der Waals surface area contributed by atoms with E-state index in [1.807, 2.05) is 54.8 Å². The highest BCUT2D eigenvalue weighted by Gasteiger charge is 2.24. The zero-order chi connectivity index (χ0) is 24.1. The molecule has 4 aromatic rings. The lowest BCUT2D eigenvalue weighted by atomic mass is 10.1. The van der Waals surface area contributed by atoms with Crippen LogP contribution in [0, 0.1) is 29.8 Å². The van der Waals surface area contributed by atoms with Crippen LogP contribution in [-0.2, 0) is 6.61 Å². The lowest BCUT2D eigenvalue weighted by molar-refractivity contribution is -0.479. The van der Waals surface area contributed by atoms with E-state index in [0.717, 1.165) is 22.4 Å². The van der Waals surface area contributed by atoms with Gasteiger partial charge < -0.3 is 4.74 Å². The van der Waals surface area contributed by atoms with Crippen molar-refractivity contribution in [3.05, 3.63) is 111 Å². The molecule has 174 valence electrons. The number of aromatic nitrogens is 3. The minimum atomic E-state index is -0.472. The zero-order valence-corrected chi connectivity index (χ0v) is 19.5. The summed E-state index contributed by atoms with van der Waals surface area (Å²) in [7, 11) is 0. The first-order valence-corrected chi connectivity index (χ1v) is 11.5. The highest BCUT2D eigenvalue weighted by molar-refractivity contribution is 7.99. The molecule has 1 heterocycles. The van der Waals surface area contributed by atoms with Crippen molar-refractivity contribution in [2.75, 3.05) is 6.54 Å². The Balaban J connectivity index is 1.53. The number of nitrogens with zero attached hydrogens (tertiary/aromatic N) is 4. The lowest BCUT2D eigenvalue weighted by Gasteiger charge is -2.15. The molecule has 0 spiro atoms. The maximum Gasteiger partial charge on any atom is 0.220 e. The maximum atomic E-state index is 13.3. The summed E-state index contributed by atoms with van der Waals surface area (Å²) in [6, 6.07) is 21.3. The molecule has 0 radical (unpaired) electrons. The number of hydrogen-bond donors (Lipinski definition) is 0. The Morgan fingerprint density at radius 1 is 1.06 bits per heavy atom. The number of hydrogen-bond acceptors (Lipinski definition) is 6. The zero-order valence-electron chi connectivity index (χ0n) is 18.7. The van der Waals surface area contributed by atoms with E-state index in [0.29, 0.717) is 16.7 Å². The van der Waals surface area contributed by atoms with E-state index in [9.17, 15) is 14.5 Å². The molecule has 0 unspecified atom stereocenters. The molecule has 1 atom stereocenters. The monoisotopic (exact) mass is 478 g/mol. The van der Waals surface area contributed by atoms with E-state index in [2.05, 4.69) is 10.2 Å². The van der Waals surface area contributed by atoms with Crippen molar-refractivity contribution >= 4 is 11.8 Å². The van der Waals surface area contributed by atoms with Crippen molar-refractivity contribution in [3.63, 3.8) is 0 Å². The van der Waals surface area contributed by atoms with Crippen molar-refractivity contribution in [1.82, 2.24) is 14.8 Å². The fraction of sp³-hybridized carbons (Fsp3) is 0.200. The van der Waals surface area contributed by atoms with E-state index < -0.39 is 5.25 Å². The topological polar surface area (TPSA) is 83.1 Å².